The van der Waals surface area contributed by atoms with Gasteiger partial charge in [0.05, 0.1) is 0 Å². The molecule has 1 nitrogen and oxygen atoms in total. The Bertz CT molecular complexity index is 734. The minimum absolute atomic E-state index is 0. The van der Waals surface area contributed by atoms with Crippen molar-refractivity contribution in [2.24, 2.45) is 0 Å². The first-order valence-electron chi connectivity index (χ1n) is 8.10. The van der Waals surface area contributed by atoms with E-state index < -0.39 is 0 Å². The molecule has 1 atom stereocenters. The van der Waals surface area contributed by atoms with Gasteiger partial charge in [-0.15, -0.1) is 0 Å². The Balaban J connectivity index is 0.00000288. The van der Waals surface area contributed by atoms with Crippen LogP contribution in [0.4, 0.5) is 0 Å². The zero-order valence-electron chi connectivity index (χ0n) is 16.3. The summed E-state index contributed by atoms with van der Waals surface area (Å²) in [6, 6.07) is 10.7. The molecule has 24 heavy (non-hydrogen) atoms. The van der Waals surface area contributed by atoms with Crippen LogP contribution in [0, 0.1) is 27.7 Å². The molecular formula is C21H27LiOP+. The second-order valence-corrected chi connectivity index (χ2v) is 8.75. The first-order chi connectivity index (χ1) is 10.6. The summed E-state index contributed by atoms with van der Waals surface area (Å²) in [5, 5.41) is 1.16. The SMILES string of the molecule is Cc1ccc(C)c(PC(=O)c2c(C)cc(C(C)(C)C)cc2C)c1.[Li+]. The normalized spacial score (nSPS) is 11.6. The van der Waals surface area contributed by atoms with Crippen LogP contribution in [-0.4, -0.2) is 5.52 Å². The number of hydrogen-bond acceptors (Lipinski definition) is 1. The Kier molecular flexibility index (Phi) is 7.07. The van der Waals surface area contributed by atoms with E-state index in [1.165, 1.54) is 16.7 Å². The van der Waals surface area contributed by atoms with Crippen LogP contribution >= 0.6 is 8.58 Å². The van der Waals surface area contributed by atoms with Crippen molar-refractivity contribution in [1.29, 1.82) is 0 Å². The molecule has 2 aromatic rings. The fraction of sp³-hybridized carbons (Fsp3) is 0.381. The van der Waals surface area contributed by atoms with Gasteiger partial charge in [-0.3, -0.25) is 4.79 Å². The van der Waals surface area contributed by atoms with Gasteiger partial charge in [0.25, 0.3) is 0 Å². The number of aryl methyl sites for hydroxylation is 4. The van der Waals surface area contributed by atoms with Crippen LogP contribution in [0.3, 0.4) is 0 Å². The number of carbonyl (C=O) groups is 1. The van der Waals surface area contributed by atoms with Crippen molar-refractivity contribution < 1.29 is 23.7 Å². The maximum absolute atomic E-state index is 12.9. The molecule has 0 aliphatic rings. The molecule has 1 unspecified atom stereocenters. The Labute approximate surface area is 160 Å². The van der Waals surface area contributed by atoms with E-state index in [-0.39, 0.29) is 38.4 Å². The molecule has 0 N–H and O–H groups in total. The van der Waals surface area contributed by atoms with Crippen LogP contribution in [-0.2, 0) is 5.41 Å². The standard InChI is InChI=1S/C21H27OP.Li/c1-13-8-9-14(2)18(10-13)23-20(22)19-15(3)11-17(12-16(19)4)21(5,6)7;/h8-12,23H,1-7H3;/q;+1. The van der Waals surface area contributed by atoms with Gasteiger partial charge in [-0.1, -0.05) is 56.7 Å². The smallest absolute Gasteiger partial charge is 0.289 e. The Morgan fingerprint density at radius 2 is 1.42 bits per heavy atom. The fourth-order valence-corrected chi connectivity index (χ4v) is 4.15. The molecule has 0 aliphatic heterocycles. The minimum Gasteiger partial charge on any atom is -0.289 e. The summed E-state index contributed by atoms with van der Waals surface area (Å²) in [7, 11) is 0.188. The third-order valence-electron chi connectivity index (χ3n) is 4.27. The van der Waals surface area contributed by atoms with Crippen molar-refractivity contribution in [1.82, 2.24) is 0 Å². The summed E-state index contributed by atoms with van der Waals surface area (Å²) in [4.78, 5) is 12.9. The molecule has 0 radical (unpaired) electrons. The quantitative estimate of drug-likeness (QED) is 0.623. The second kappa shape index (κ2) is 8.01. The van der Waals surface area contributed by atoms with E-state index in [9.17, 15) is 4.79 Å². The molecule has 0 amide bonds. The van der Waals surface area contributed by atoms with Gasteiger partial charge in [0.1, 0.15) is 0 Å². The fourth-order valence-electron chi connectivity index (χ4n) is 2.81. The first kappa shape index (κ1) is 21.2. The molecule has 0 saturated heterocycles. The molecule has 0 aromatic heterocycles. The van der Waals surface area contributed by atoms with Crippen LogP contribution in [0.2, 0.25) is 0 Å². The molecule has 2 rings (SSSR count). The van der Waals surface area contributed by atoms with Gasteiger partial charge < -0.3 is 0 Å². The molecule has 122 valence electrons. The van der Waals surface area contributed by atoms with Crippen molar-refractivity contribution in [3.63, 3.8) is 0 Å². The van der Waals surface area contributed by atoms with Crippen molar-refractivity contribution in [3.05, 3.63) is 63.7 Å². The molecule has 0 fully saturated rings. The van der Waals surface area contributed by atoms with Crippen LogP contribution < -0.4 is 24.2 Å². The molecule has 0 aliphatic carbocycles. The molecular weight excluding hydrogens is 306 g/mol. The van der Waals surface area contributed by atoms with Crippen molar-refractivity contribution >= 4 is 19.4 Å². The monoisotopic (exact) mass is 333 g/mol. The van der Waals surface area contributed by atoms with Crippen molar-refractivity contribution in [2.75, 3.05) is 0 Å². The van der Waals surface area contributed by atoms with E-state index >= 15 is 0 Å². The topological polar surface area (TPSA) is 17.1 Å². The third kappa shape index (κ3) is 4.83. The first-order valence-corrected chi connectivity index (χ1v) is 9.10. The summed E-state index contributed by atoms with van der Waals surface area (Å²) >= 11 is 0. The van der Waals surface area contributed by atoms with Gasteiger partial charge in [-0.2, -0.15) is 0 Å². The number of rotatable bonds is 3. The third-order valence-corrected chi connectivity index (χ3v) is 5.55. The summed E-state index contributed by atoms with van der Waals surface area (Å²) in [5.74, 6) is 0. The summed E-state index contributed by atoms with van der Waals surface area (Å²) in [6.45, 7) is 14.9. The Hall–Kier alpha value is -0.863. The van der Waals surface area contributed by atoms with E-state index in [1.54, 1.807) is 0 Å². The van der Waals surface area contributed by atoms with Gasteiger partial charge >= 0.3 is 18.9 Å². The molecule has 0 saturated carbocycles. The number of benzene rings is 2. The minimum atomic E-state index is 0. The van der Waals surface area contributed by atoms with Crippen LogP contribution in [0.25, 0.3) is 0 Å². The van der Waals surface area contributed by atoms with Crippen molar-refractivity contribution in [2.45, 2.75) is 53.9 Å². The zero-order chi connectivity index (χ0) is 17.4. The van der Waals surface area contributed by atoms with Crippen molar-refractivity contribution in [3.8, 4) is 0 Å². The molecule has 0 spiro atoms. The molecule has 2 aromatic carbocycles. The number of hydrogen-bond donors (Lipinski definition) is 0. The molecule has 0 bridgehead atoms. The summed E-state index contributed by atoms with van der Waals surface area (Å²) in [6.07, 6.45) is 0. The largest absolute Gasteiger partial charge is 1.00 e. The van der Waals surface area contributed by atoms with Gasteiger partial charge in [0.2, 0.25) is 0 Å². The predicted molar refractivity (Wildman–Crippen MR) is 103 cm³/mol. The van der Waals surface area contributed by atoms with Crippen LogP contribution in [0.1, 0.15) is 58.9 Å². The second-order valence-electron chi connectivity index (χ2n) is 7.51. The van der Waals surface area contributed by atoms with Gasteiger partial charge in [0.15, 0.2) is 5.52 Å². The Morgan fingerprint density at radius 3 is 1.92 bits per heavy atom. The van der Waals surface area contributed by atoms with E-state index in [0.29, 0.717) is 0 Å². The molecule has 0 heterocycles. The maximum atomic E-state index is 12.9. The maximum Gasteiger partial charge on any atom is 1.00 e. The number of carbonyl (C=O) groups excluding carboxylic acids is 1. The van der Waals surface area contributed by atoms with Gasteiger partial charge in [-0.25, -0.2) is 0 Å². The summed E-state index contributed by atoms with van der Waals surface area (Å²) < 4.78 is 0. The van der Waals surface area contributed by atoms with E-state index in [0.717, 1.165) is 22.0 Å². The molecule has 3 heteroatoms. The zero-order valence-corrected chi connectivity index (χ0v) is 17.3. The van der Waals surface area contributed by atoms with Crippen LogP contribution in [0.15, 0.2) is 30.3 Å². The van der Waals surface area contributed by atoms with E-state index in [2.05, 4.69) is 78.8 Å². The van der Waals surface area contributed by atoms with Crippen LogP contribution in [0.5, 0.6) is 0 Å². The van der Waals surface area contributed by atoms with Gasteiger partial charge in [-0.05, 0) is 69.2 Å². The van der Waals surface area contributed by atoms with E-state index in [1.807, 2.05) is 0 Å². The van der Waals surface area contributed by atoms with E-state index in [4.69, 9.17) is 0 Å². The average molecular weight is 333 g/mol. The van der Waals surface area contributed by atoms with Gasteiger partial charge in [0, 0.05) is 5.56 Å². The predicted octanol–water partition coefficient (Wildman–Crippen LogP) is 2.37. The Morgan fingerprint density at radius 1 is 0.875 bits per heavy atom. The summed E-state index contributed by atoms with van der Waals surface area (Å²) in [5.41, 5.74) is 7.14. The average Bonchev–Trinajstić information content (AvgIpc) is 2.41.